The third kappa shape index (κ3) is 2.76. The molecule has 0 N–H and O–H groups in total. The zero-order valence-corrected chi connectivity index (χ0v) is 13.4. The zero-order chi connectivity index (χ0) is 15.0. The zero-order valence-electron chi connectivity index (χ0n) is 11.3. The molecule has 0 fully saturated rings. The fraction of sp³-hybridized carbons (Fsp3) is 0.0588. The molecule has 3 nitrogen and oxygen atoms in total. The fourth-order valence-corrected chi connectivity index (χ4v) is 2.64. The number of hydrogen-bond acceptors (Lipinski definition) is 3. The molecule has 0 saturated carbocycles. The number of aromatic nitrogens is 1. The highest BCUT2D eigenvalue weighted by Gasteiger charge is 2.08. The Bertz CT molecular complexity index is 841. The Kier molecular flexibility index (Phi) is 3.63. The van der Waals surface area contributed by atoms with Crippen molar-refractivity contribution < 1.29 is 9.90 Å². The first kappa shape index (κ1) is 14.0. The number of aromatic carboxylic acids is 1. The van der Waals surface area contributed by atoms with Crippen LogP contribution in [0.2, 0.25) is 0 Å². The largest absolute Gasteiger partial charge is 0.545 e. The van der Waals surface area contributed by atoms with E-state index in [0.29, 0.717) is 16.6 Å². The average molecular weight is 388 g/mol. The summed E-state index contributed by atoms with van der Waals surface area (Å²) in [7, 11) is 0. The van der Waals surface area contributed by atoms with Gasteiger partial charge in [0.15, 0.2) is 0 Å². The number of pyridine rings is 1. The van der Waals surface area contributed by atoms with Gasteiger partial charge >= 0.3 is 0 Å². The van der Waals surface area contributed by atoms with Crippen LogP contribution >= 0.6 is 22.6 Å². The van der Waals surface area contributed by atoms with Crippen molar-refractivity contribution in [3.8, 4) is 11.3 Å². The lowest BCUT2D eigenvalue weighted by Crippen LogP contribution is -2.22. The number of fused-ring (bicyclic) bond motifs is 1. The summed E-state index contributed by atoms with van der Waals surface area (Å²) in [6, 6.07) is 15.0. The first-order valence-electron chi connectivity index (χ1n) is 6.43. The molecule has 21 heavy (non-hydrogen) atoms. The van der Waals surface area contributed by atoms with E-state index in [2.05, 4.69) is 27.6 Å². The molecule has 0 unspecified atom stereocenters. The molecule has 104 valence electrons. The van der Waals surface area contributed by atoms with Crippen LogP contribution in [0.1, 0.15) is 15.9 Å². The normalized spacial score (nSPS) is 10.8. The smallest absolute Gasteiger partial charge is 0.0722 e. The van der Waals surface area contributed by atoms with Crippen molar-refractivity contribution in [2.45, 2.75) is 6.92 Å². The van der Waals surface area contributed by atoms with Crippen LogP contribution in [0.5, 0.6) is 0 Å². The summed E-state index contributed by atoms with van der Waals surface area (Å²) in [5.41, 5.74) is 3.37. The van der Waals surface area contributed by atoms with Gasteiger partial charge in [-0.2, -0.15) is 0 Å². The Balaban J connectivity index is 2.28. The number of benzene rings is 2. The van der Waals surface area contributed by atoms with Crippen LogP contribution < -0.4 is 5.11 Å². The van der Waals surface area contributed by atoms with Gasteiger partial charge in [-0.1, -0.05) is 23.8 Å². The maximum atomic E-state index is 11.4. The van der Waals surface area contributed by atoms with Crippen LogP contribution in [-0.4, -0.2) is 11.0 Å². The highest BCUT2D eigenvalue weighted by atomic mass is 127. The van der Waals surface area contributed by atoms with E-state index in [-0.39, 0.29) is 5.56 Å². The number of aryl methyl sites for hydroxylation is 1. The van der Waals surface area contributed by atoms with E-state index in [1.807, 2.05) is 49.4 Å². The summed E-state index contributed by atoms with van der Waals surface area (Å²) >= 11 is 2.23. The van der Waals surface area contributed by atoms with Gasteiger partial charge < -0.3 is 9.90 Å². The lowest BCUT2D eigenvalue weighted by molar-refractivity contribution is -0.254. The minimum Gasteiger partial charge on any atom is -0.545 e. The van der Waals surface area contributed by atoms with Crippen molar-refractivity contribution in [3.05, 3.63) is 63.2 Å². The molecule has 2 aromatic carbocycles. The summed E-state index contributed by atoms with van der Waals surface area (Å²) in [6.07, 6.45) is 0. The standard InChI is InChI=1S/C17H12INO2/c1-10-2-7-15-13(8-10)14(17(20)21)9-16(19-15)11-3-5-12(18)6-4-11/h2-9H,1H3,(H,20,21)/p-1. The van der Waals surface area contributed by atoms with Crippen molar-refractivity contribution in [3.63, 3.8) is 0 Å². The molecule has 1 heterocycles. The molecule has 4 heteroatoms. The summed E-state index contributed by atoms with van der Waals surface area (Å²) in [4.78, 5) is 16.0. The molecule has 3 aromatic rings. The lowest BCUT2D eigenvalue weighted by Gasteiger charge is -2.11. The second-order valence-electron chi connectivity index (χ2n) is 4.87. The highest BCUT2D eigenvalue weighted by Crippen LogP contribution is 2.25. The van der Waals surface area contributed by atoms with E-state index in [0.717, 1.165) is 14.7 Å². The van der Waals surface area contributed by atoms with Gasteiger partial charge in [-0.05, 0) is 59.8 Å². The van der Waals surface area contributed by atoms with E-state index in [1.165, 1.54) is 0 Å². The van der Waals surface area contributed by atoms with E-state index in [9.17, 15) is 9.90 Å². The summed E-state index contributed by atoms with van der Waals surface area (Å²) in [5, 5.41) is 12.0. The van der Waals surface area contributed by atoms with E-state index in [4.69, 9.17) is 0 Å². The second kappa shape index (κ2) is 5.44. The van der Waals surface area contributed by atoms with Gasteiger partial charge in [0.1, 0.15) is 0 Å². The van der Waals surface area contributed by atoms with Crippen LogP contribution in [0.3, 0.4) is 0 Å². The molecule has 3 rings (SSSR count). The Morgan fingerprint density at radius 2 is 1.81 bits per heavy atom. The third-order valence-corrected chi connectivity index (χ3v) is 4.04. The van der Waals surface area contributed by atoms with Crippen molar-refractivity contribution in [2.24, 2.45) is 0 Å². The number of carbonyl (C=O) groups is 1. The molecule has 0 radical (unpaired) electrons. The first-order chi connectivity index (χ1) is 10.0. The highest BCUT2D eigenvalue weighted by molar-refractivity contribution is 14.1. The monoisotopic (exact) mass is 388 g/mol. The first-order valence-corrected chi connectivity index (χ1v) is 7.51. The molecule has 0 amide bonds. The fourth-order valence-electron chi connectivity index (χ4n) is 2.28. The van der Waals surface area contributed by atoms with Crippen LogP contribution in [0, 0.1) is 10.5 Å². The molecule has 0 atom stereocenters. The molecule has 1 aromatic heterocycles. The van der Waals surface area contributed by atoms with Gasteiger partial charge in [0.05, 0.1) is 17.2 Å². The Morgan fingerprint density at radius 1 is 1.10 bits per heavy atom. The molecular formula is C17H11INO2-. The van der Waals surface area contributed by atoms with E-state index >= 15 is 0 Å². The van der Waals surface area contributed by atoms with Crippen molar-refractivity contribution in [1.29, 1.82) is 0 Å². The predicted molar refractivity (Wildman–Crippen MR) is 89.0 cm³/mol. The third-order valence-electron chi connectivity index (χ3n) is 3.32. The Labute approximate surface area is 135 Å². The van der Waals surface area contributed by atoms with E-state index in [1.54, 1.807) is 6.07 Å². The molecule has 0 aliphatic carbocycles. The minimum absolute atomic E-state index is 0.178. The quantitative estimate of drug-likeness (QED) is 0.634. The number of nitrogens with zero attached hydrogens (tertiary/aromatic N) is 1. The molecular weight excluding hydrogens is 377 g/mol. The number of carboxylic acid groups (broad SMARTS) is 1. The number of hydrogen-bond donors (Lipinski definition) is 0. The predicted octanol–water partition coefficient (Wildman–Crippen LogP) is 3.18. The molecule has 0 aliphatic heterocycles. The minimum atomic E-state index is -1.18. The van der Waals surface area contributed by atoms with Crippen LogP contribution in [0.15, 0.2) is 48.5 Å². The summed E-state index contributed by atoms with van der Waals surface area (Å²) in [5.74, 6) is -1.18. The number of halogens is 1. The maximum Gasteiger partial charge on any atom is 0.0722 e. The molecule has 0 bridgehead atoms. The number of carboxylic acids is 1. The summed E-state index contributed by atoms with van der Waals surface area (Å²) < 4.78 is 1.12. The van der Waals surface area contributed by atoms with Gasteiger partial charge in [-0.15, -0.1) is 0 Å². The van der Waals surface area contributed by atoms with Crippen LogP contribution in [0.25, 0.3) is 22.2 Å². The van der Waals surface area contributed by atoms with Gasteiger partial charge in [0.2, 0.25) is 0 Å². The molecule has 0 saturated heterocycles. The lowest BCUT2D eigenvalue weighted by atomic mass is 10.0. The van der Waals surface area contributed by atoms with Crippen LogP contribution in [0.4, 0.5) is 0 Å². The van der Waals surface area contributed by atoms with Crippen molar-refractivity contribution in [1.82, 2.24) is 4.98 Å². The molecule has 0 aliphatic rings. The maximum absolute atomic E-state index is 11.4. The average Bonchev–Trinajstić information content (AvgIpc) is 2.46. The van der Waals surface area contributed by atoms with Gasteiger partial charge in [-0.25, -0.2) is 4.98 Å². The van der Waals surface area contributed by atoms with Crippen LogP contribution in [-0.2, 0) is 0 Å². The SMILES string of the molecule is Cc1ccc2nc(-c3ccc(I)cc3)cc(C(=O)[O-])c2c1. The van der Waals surface area contributed by atoms with E-state index < -0.39 is 5.97 Å². The molecule has 0 spiro atoms. The number of rotatable bonds is 2. The Hall–Kier alpha value is -1.95. The van der Waals surface area contributed by atoms with Gasteiger partial charge in [-0.3, -0.25) is 0 Å². The number of carbonyl (C=O) groups excluding carboxylic acids is 1. The topological polar surface area (TPSA) is 53.0 Å². The van der Waals surface area contributed by atoms with Gasteiger partial charge in [0.25, 0.3) is 0 Å². The van der Waals surface area contributed by atoms with Crippen molar-refractivity contribution >= 4 is 39.5 Å². The van der Waals surface area contributed by atoms with Crippen molar-refractivity contribution in [2.75, 3.05) is 0 Å². The second-order valence-corrected chi connectivity index (χ2v) is 6.12. The van der Waals surface area contributed by atoms with Gasteiger partial charge in [0, 0.05) is 20.1 Å². The Morgan fingerprint density at radius 3 is 2.48 bits per heavy atom. The summed E-state index contributed by atoms with van der Waals surface area (Å²) in [6.45, 7) is 1.92.